The fourth-order valence-corrected chi connectivity index (χ4v) is 3.53. The molecule has 0 aliphatic heterocycles. The van der Waals surface area contributed by atoms with Crippen LogP contribution in [0.5, 0.6) is 0 Å². The maximum absolute atomic E-state index is 13.6. The highest BCUT2D eigenvalue weighted by Gasteiger charge is 2.23. The molecule has 1 N–H and O–H groups in total. The fraction of sp³-hybridized carbons (Fsp3) is 0.130. The summed E-state index contributed by atoms with van der Waals surface area (Å²) >= 11 is 12.3. The minimum Gasteiger partial charge on any atom is -0.419 e. The van der Waals surface area contributed by atoms with Gasteiger partial charge in [0.15, 0.2) is 0 Å². The van der Waals surface area contributed by atoms with Crippen molar-refractivity contribution in [1.29, 1.82) is 0 Å². The number of hydrogen-bond donors (Lipinski definition) is 1. The van der Waals surface area contributed by atoms with Gasteiger partial charge in [0.1, 0.15) is 11.9 Å². The van der Waals surface area contributed by atoms with Crippen LogP contribution in [0.2, 0.25) is 10.0 Å². The summed E-state index contributed by atoms with van der Waals surface area (Å²) in [6, 6.07) is 21.0. The van der Waals surface area contributed by atoms with Gasteiger partial charge in [0.05, 0.1) is 0 Å². The van der Waals surface area contributed by atoms with Crippen molar-refractivity contribution in [2.45, 2.75) is 12.5 Å². The van der Waals surface area contributed by atoms with E-state index in [2.05, 4.69) is 15.5 Å². The van der Waals surface area contributed by atoms with E-state index in [-0.39, 0.29) is 0 Å². The molecule has 0 aliphatic rings. The molecule has 0 amide bonds. The van der Waals surface area contributed by atoms with E-state index in [1.807, 2.05) is 54.6 Å². The molecule has 1 atom stereocenters. The Labute approximate surface area is 183 Å². The molecule has 0 saturated heterocycles. The standard InChI is InChI=1S/C23H18Cl2FN3O/c24-17-8-6-15(7-9-17)12-13-27-21(19-11-10-18(26)14-20(19)25)23-29-28-22(30-23)16-4-2-1-3-5-16/h1-11,14,21,27H,12-13H2/t21-/m1/s1. The first kappa shape index (κ1) is 20.5. The molecule has 30 heavy (non-hydrogen) atoms. The maximum atomic E-state index is 13.6. The average molecular weight is 442 g/mol. The Morgan fingerprint density at radius 3 is 2.43 bits per heavy atom. The van der Waals surface area contributed by atoms with Gasteiger partial charge in [0.2, 0.25) is 11.8 Å². The van der Waals surface area contributed by atoms with Crippen LogP contribution >= 0.6 is 23.2 Å². The first-order valence-electron chi connectivity index (χ1n) is 9.42. The summed E-state index contributed by atoms with van der Waals surface area (Å²) < 4.78 is 19.5. The minimum absolute atomic E-state index is 0.290. The predicted octanol–water partition coefficient (Wildman–Crippen LogP) is 6.10. The highest BCUT2D eigenvalue weighted by Crippen LogP contribution is 2.30. The van der Waals surface area contributed by atoms with Gasteiger partial charge in [0, 0.05) is 22.2 Å². The van der Waals surface area contributed by atoms with Gasteiger partial charge in [-0.15, -0.1) is 10.2 Å². The zero-order valence-corrected chi connectivity index (χ0v) is 17.4. The number of hydrogen-bond acceptors (Lipinski definition) is 4. The molecule has 1 aromatic heterocycles. The van der Waals surface area contributed by atoms with Crippen molar-refractivity contribution in [3.8, 4) is 11.5 Å². The molecule has 152 valence electrons. The molecule has 0 aliphatic carbocycles. The Morgan fingerprint density at radius 1 is 0.933 bits per heavy atom. The van der Waals surface area contributed by atoms with Gasteiger partial charge in [0.25, 0.3) is 0 Å². The third kappa shape index (κ3) is 4.87. The van der Waals surface area contributed by atoms with Crippen molar-refractivity contribution in [2.24, 2.45) is 0 Å². The normalized spacial score (nSPS) is 12.1. The first-order chi connectivity index (χ1) is 14.6. The Kier molecular flexibility index (Phi) is 6.43. The molecule has 3 aromatic carbocycles. The van der Waals surface area contributed by atoms with Crippen molar-refractivity contribution in [3.63, 3.8) is 0 Å². The van der Waals surface area contributed by atoms with E-state index in [4.69, 9.17) is 27.6 Å². The lowest BCUT2D eigenvalue weighted by molar-refractivity contribution is 0.440. The second-order valence-corrected chi connectivity index (χ2v) is 7.58. The molecule has 4 rings (SSSR count). The molecule has 4 aromatic rings. The third-order valence-electron chi connectivity index (χ3n) is 4.66. The van der Waals surface area contributed by atoms with Gasteiger partial charge in [-0.2, -0.15) is 0 Å². The van der Waals surface area contributed by atoms with E-state index in [0.717, 1.165) is 17.5 Å². The van der Waals surface area contributed by atoms with Crippen molar-refractivity contribution in [2.75, 3.05) is 6.54 Å². The molecule has 0 unspecified atom stereocenters. The number of aromatic nitrogens is 2. The molecule has 0 fully saturated rings. The fourth-order valence-electron chi connectivity index (χ4n) is 3.13. The molecule has 0 spiro atoms. The number of halogens is 3. The second kappa shape index (κ2) is 9.39. The van der Waals surface area contributed by atoms with Gasteiger partial charge in [-0.05, 0) is 53.9 Å². The van der Waals surface area contributed by atoms with Crippen molar-refractivity contribution >= 4 is 23.2 Å². The van der Waals surface area contributed by atoms with E-state index in [0.29, 0.717) is 33.9 Å². The van der Waals surface area contributed by atoms with Gasteiger partial charge >= 0.3 is 0 Å². The van der Waals surface area contributed by atoms with E-state index in [1.165, 1.54) is 12.1 Å². The number of rotatable bonds is 7. The van der Waals surface area contributed by atoms with E-state index in [9.17, 15) is 4.39 Å². The lowest BCUT2D eigenvalue weighted by Crippen LogP contribution is -2.25. The first-order valence-corrected chi connectivity index (χ1v) is 10.2. The van der Waals surface area contributed by atoms with Crippen molar-refractivity contribution < 1.29 is 8.81 Å². The maximum Gasteiger partial charge on any atom is 0.247 e. The van der Waals surface area contributed by atoms with Crippen LogP contribution in [-0.4, -0.2) is 16.7 Å². The van der Waals surface area contributed by atoms with Crippen LogP contribution in [-0.2, 0) is 6.42 Å². The van der Waals surface area contributed by atoms with Crippen LogP contribution in [0, 0.1) is 5.82 Å². The Hall–Kier alpha value is -2.73. The second-order valence-electron chi connectivity index (χ2n) is 6.74. The zero-order chi connectivity index (χ0) is 20.9. The Balaban J connectivity index is 1.59. The summed E-state index contributed by atoms with van der Waals surface area (Å²) in [5.74, 6) is 0.367. The Morgan fingerprint density at radius 2 is 1.70 bits per heavy atom. The highest BCUT2D eigenvalue weighted by molar-refractivity contribution is 6.31. The molecular formula is C23H18Cl2FN3O. The van der Waals surface area contributed by atoms with E-state index < -0.39 is 11.9 Å². The topological polar surface area (TPSA) is 51.0 Å². The number of nitrogens with zero attached hydrogens (tertiary/aromatic N) is 2. The Bertz CT molecular complexity index is 1120. The lowest BCUT2D eigenvalue weighted by Gasteiger charge is -2.17. The van der Waals surface area contributed by atoms with E-state index in [1.54, 1.807) is 6.07 Å². The molecule has 0 bridgehead atoms. The lowest BCUT2D eigenvalue weighted by atomic mass is 10.1. The van der Waals surface area contributed by atoms with Crippen LogP contribution in [0.25, 0.3) is 11.5 Å². The predicted molar refractivity (Wildman–Crippen MR) is 116 cm³/mol. The van der Waals surface area contributed by atoms with Crippen LogP contribution in [0.3, 0.4) is 0 Å². The zero-order valence-electron chi connectivity index (χ0n) is 15.9. The van der Waals surface area contributed by atoms with Gasteiger partial charge < -0.3 is 9.73 Å². The molecular weight excluding hydrogens is 424 g/mol. The summed E-state index contributed by atoms with van der Waals surface area (Å²) in [5, 5.41) is 12.8. The number of benzene rings is 3. The van der Waals surface area contributed by atoms with Crippen LogP contribution in [0.4, 0.5) is 4.39 Å². The van der Waals surface area contributed by atoms with Crippen LogP contribution in [0.1, 0.15) is 23.1 Å². The average Bonchev–Trinajstić information content (AvgIpc) is 3.24. The van der Waals surface area contributed by atoms with Crippen LogP contribution < -0.4 is 5.32 Å². The van der Waals surface area contributed by atoms with Gasteiger partial charge in [-0.3, -0.25) is 0 Å². The number of nitrogens with one attached hydrogen (secondary N) is 1. The van der Waals surface area contributed by atoms with Crippen molar-refractivity contribution in [1.82, 2.24) is 15.5 Å². The highest BCUT2D eigenvalue weighted by atomic mass is 35.5. The van der Waals surface area contributed by atoms with Gasteiger partial charge in [-0.25, -0.2) is 4.39 Å². The summed E-state index contributed by atoms with van der Waals surface area (Å²) in [5.41, 5.74) is 2.62. The largest absolute Gasteiger partial charge is 0.419 e. The van der Waals surface area contributed by atoms with Crippen molar-refractivity contribution in [3.05, 3.63) is 106 Å². The smallest absolute Gasteiger partial charge is 0.247 e. The molecule has 0 saturated carbocycles. The molecule has 0 radical (unpaired) electrons. The van der Waals surface area contributed by atoms with Crippen LogP contribution in [0.15, 0.2) is 77.2 Å². The SMILES string of the molecule is Fc1ccc([C@@H](NCCc2ccc(Cl)cc2)c2nnc(-c3ccccc3)o2)c(Cl)c1. The summed E-state index contributed by atoms with van der Waals surface area (Å²) in [6.07, 6.45) is 0.756. The quantitative estimate of drug-likeness (QED) is 0.376. The monoisotopic (exact) mass is 441 g/mol. The minimum atomic E-state index is -0.477. The summed E-state index contributed by atoms with van der Waals surface area (Å²) in [7, 11) is 0. The molecule has 1 heterocycles. The molecule has 7 heteroatoms. The molecule has 4 nitrogen and oxygen atoms in total. The van der Waals surface area contributed by atoms with E-state index >= 15 is 0 Å². The third-order valence-corrected chi connectivity index (χ3v) is 5.24. The summed E-state index contributed by atoms with van der Waals surface area (Å²) in [6.45, 7) is 0.614. The van der Waals surface area contributed by atoms with Gasteiger partial charge in [-0.1, -0.05) is 59.6 Å². The summed E-state index contributed by atoms with van der Waals surface area (Å²) in [4.78, 5) is 0.